The molecule has 6 heteroatoms. The monoisotopic (exact) mass is 352 g/mol. The molecule has 0 N–H and O–H groups in total. The number of likely N-dealkylation sites (N-methyl/N-ethyl adjacent to an activating group) is 1. The largest absolute Gasteiger partial charge is 0.465 e. The minimum atomic E-state index is -0.398. The Balaban J connectivity index is 1.92. The van der Waals surface area contributed by atoms with Crippen LogP contribution in [0.3, 0.4) is 0 Å². The average Bonchev–Trinajstić information content (AvgIpc) is 2.86. The molecular formula is C19H16N2O3S. The van der Waals surface area contributed by atoms with E-state index in [-0.39, 0.29) is 5.91 Å². The first-order chi connectivity index (χ1) is 12.0. The van der Waals surface area contributed by atoms with Crippen molar-refractivity contribution in [1.82, 2.24) is 4.90 Å². The second kappa shape index (κ2) is 6.86. The number of ether oxygens (including phenoxy) is 1. The predicted molar refractivity (Wildman–Crippen MR) is 100 cm³/mol. The summed E-state index contributed by atoms with van der Waals surface area (Å²) in [4.78, 5) is 27.5. The van der Waals surface area contributed by atoms with Gasteiger partial charge in [-0.25, -0.2) is 4.79 Å². The summed E-state index contributed by atoms with van der Waals surface area (Å²) in [6.07, 6.45) is 1.75. The Morgan fingerprint density at radius 2 is 1.72 bits per heavy atom. The fourth-order valence-electron chi connectivity index (χ4n) is 2.55. The maximum absolute atomic E-state index is 12.8. The summed E-state index contributed by atoms with van der Waals surface area (Å²) in [6.45, 7) is 0. The molecule has 0 aromatic heterocycles. The van der Waals surface area contributed by atoms with E-state index in [9.17, 15) is 9.59 Å². The lowest BCUT2D eigenvalue weighted by Gasteiger charge is -2.16. The van der Waals surface area contributed by atoms with E-state index in [0.717, 1.165) is 11.3 Å². The molecule has 0 atom stereocenters. The van der Waals surface area contributed by atoms with Crippen molar-refractivity contribution in [2.24, 2.45) is 0 Å². The van der Waals surface area contributed by atoms with Gasteiger partial charge in [0.15, 0.2) is 5.11 Å². The number of para-hydroxylation sites is 1. The van der Waals surface area contributed by atoms with Gasteiger partial charge in [-0.3, -0.25) is 9.69 Å². The molecule has 0 bridgehead atoms. The van der Waals surface area contributed by atoms with Gasteiger partial charge in [0.05, 0.1) is 18.4 Å². The van der Waals surface area contributed by atoms with Gasteiger partial charge in [-0.2, -0.15) is 0 Å². The maximum Gasteiger partial charge on any atom is 0.337 e. The molecule has 1 saturated heterocycles. The van der Waals surface area contributed by atoms with Gasteiger partial charge in [-0.05, 0) is 48.1 Å². The number of methoxy groups -OCH3 is 1. The molecule has 1 amide bonds. The van der Waals surface area contributed by atoms with Gasteiger partial charge in [-0.1, -0.05) is 30.3 Å². The summed E-state index contributed by atoms with van der Waals surface area (Å²) < 4.78 is 4.68. The highest BCUT2D eigenvalue weighted by Gasteiger charge is 2.36. The van der Waals surface area contributed by atoms with Crippen LogP contribution in [-0.4, -0.2) is 36.0 Å². The molecule has 2 aromatic carbocycles. The van der Waals surface area contributed by atoms with Gasteiger partial charge in [0, 0.05) is 7.05 Å². The van der Waals surface area contributed by atoms with E-state index < -0.39 is 5.97 Å². The molecule has 0 saturated carbocycles. The van der Waals surface area contributed by atoms with E-state index in [0.29, 0.717) is 16.4 Å². The number of anilines is 1. The highest BCUT2D eigenvalue weighted by Crippen LogP contribution is 2.27. The van der Waals surface area contributed by atoms with Crippen LogP contribution in [0.1, 0.15) is 15.9 Å². The third-order valence-corrected chi connectivity index (χ3v) is 4.37. The third-order valence-electron chi connectivity index (χ3n) is 3.91. The summed E-state index contributed by atoms with van der Waals surface area (Å²) in [6, 6.07) is 16.1. The van der Waals surface area contributed by atoms with Crippen LogP contribution in [-0.2, 0) is 9.53 Å². The molecule has 0 spiro atoms. The van der Waals surface area contributed by atoms with Crippen molar-refractivity contribution in [3.05, 3.63) is 71.4 Å². The Labute approximate surface area is 151 Å². The van der Waals surface area contributed by atoms with E-state index in [1.54, 1.807) is 42.3 Å². The summed E-state index contributed by atoms with van der Waals surface area (Å²) in [5.41, 5.74) is 2.45. The molecule has 1 fully saturated rings. The van der Waals surface area contributed by atoms with Crippen molar-refractivity contribution >= 4 is 41.0 Å². The quantitative estimate of drug-likeness (QED) is 0.483. The maximum atomic E-state index is 12.8. The van der Waals surface area contributed by atoms with Crippen LogP contribution >= 0.6 is 12.2 Å². The third kappa shape index (κ3) is 3.16. The second-order valence-corrected chi connectivity index (χ2v) is 5.83. The Hall–Kier alpha value is -2.99. The number of carbonyl (C=O) groups is 2. The van der Waals surface area contributed by atoms with Crippen LogP contribution in [0.2, 0.25) is 0 Å². The van der Waals surface area contributed by atoms with Gasteiger partial charge in [0.1, 0.15) is 5.70 Å². The highest BCUT2D eigenvalue weighted by molar-refractivity contribution is 7.80. The van der Waals surface area contributed by atoms with Crippen LogP contribution in [0, 0.1) is 0 Å². The van der Waals surface area contributed by atoms with Crippen molar-refractivity contribution in [3.8, 4) is 0 Å². The summed E-state index contributed by atoms with van der Waals surface area (Å²) in [5, 5.41) is 0.425. The van der Waals surface area contributed by atoms with Crippen molar-refractivity contribution in [2.75, 3.05) is 19.1 Å². The highest BCUT2D eigenvalue weighted by atomic mass is 32.1. The first-order valence-corrected chi connectivity index (χ1v) is 8.01. The van der Waals surface area contributed by atoms with Crippen molar-refractivity contribution in [2.45, 2.75) is 0 Å². The zero-order valence-electron chi connectivity index (χ0n) is 13.8. The van der Waals surface area contributed by atoms with E-state index in [1.165, 1.54) is 12.0 Å². The van der Waals surface area contributed by atoms with Gasteiger partial charge in [0.25, 0.3) is 5.91 Å². The lowest BCUT2D eigenvalue weighted by molar-refractivity contribution is -0.114. The van der Waals surface area contributed by atoms with Crippen LogP contribution in [0.25, 0.3) is 6.08 Å². The van der Waals surface area contributed by atoms with E-state index in [1.807, 2.05) is 30.3 Å². The molecule has 0 unspecified atom stereocenters. The van der Waals surface area contributed by atoms with Crippen LogP contribution < -0.4 is 4.90 Å². The van der Waals surface area contributed by atoms with Crippen molar-refractivity contribution < 1.29 is 14.3 Å². The second-order valence-electron chi connectivity index (χ2n) is 5.46. The Morgan fingerprint density at radius 1 is 1.08 bits per heavy atom. The Kier molecular flexibility index (Phi) is 4.63. The molecule has 25 heavy (non-hydrogen) atoms. The average molecular weight is 352 g/mol. The minimum absolute atomic E-state index is 0.184. The molecule has 1 aliphatic heterocycles. The minimum Gasteiger partial charge on any atom is -0.465 e. The van der Waals surface area contributed by atoms with E-state index >= 15 is 0 Å². The number of esters is 1. The van der Waals surface area contributed by atoms with Crippen LogP contribution in [0.5, 0.6) is 0 Å². The fourth-order valence-corrected chi connectivity index (χ4v) is 2.84. The standard InChI is InChI=1S/C19H16N2O3S/c1-20-16(12-13-8-10-14(11-9-13)18(23)24-2)17(22)21(19(20)25)15-6-4-3-5-7-15/h3-12H,1-2H3/b16-12-. The molecule has 5 nitrogen and oxygen atoms in total. The van der Waals surface area contributed by atoms with E-state index in [2.05, 4.69) is 4.74 Å². The lowest BCUT2D eigenvalue weighted by atomic mass is 10.1. The van der Waals surface area contributed by atoms with Gasteiger partial charge < -0.3 is 9.64 Å². The predicted octanol–water partition coefficient (Wildman–Crippen LogP) is 3.08. The van der Waals surface area contributed by atoms with Crippen LogP contribution in [0.4, 0.5) is 5.69 Å². The number of benzene rings is 2. The topological polar surface area (TPSA) is 49.9 Å². The molecular weight excluding hydrogens is 336 g/mol. The van der Waals surface area contributed by atoms with E-state index in [4.69, 9.17) is 12.2 Å². The van der Waals surface area contributed by atoms with Gasteiger partial charge in [-0.15, -0.1) is 0 Å². The number of amides is 1. The number of hydrogen-bond donors (Lipinski definition) is 0. The summed E-state index contributed by atoms with van der Waals surface area (Å²) in [5.74, 6) is -0.583. The Morgan fingerprint density at radius 3 is 2.32 bits per heavy atom. The van der Waals surface area contributed by atoms with Gasteiger partial charge in [0.2, 0.25) is 0 Å². The van der Waals surface area contributed by atoms with Crippen molar-refractivity contribution in [1.29, 1.82) is 0 Å². The van der Waals surface area contributed by atoms with Gasteiger partial charge >= 0.3 is 5.97 Å². The molecule has 1 heterocycles. The Bertz CT molecular complexity index is 860. The smallest absolute Gasteiger partial charge is 0.337 e. The number of thiocarbonyl (C=S) groups is 1. The normalized spacial score (nSPS) is 15.8. The summed E-state index contributed by atoms with van der Waals surface area (Å²) in [7, 11) is 3.10. The molecule has 126 valence electrons. The lowest BCUT2D eigenvalue weighted by Crippen LogP contribution is -2.30. The first kappa shape index (κ1) is 16.9. The first-order valence-electron chi connectivity index (χ1n) is 7.60. The number of rotatable bonds is 3. The van der Waals surface area contributed by atoms with Crippen LogP contribution in [0.15, 0.2) is 60.3 Å². The number of hydrogen-bond acceptors (Lipinski definition) is 4. The molecule has 0 aliphatic carbocycles. The zero-order chi connectivity index (χ0) is 18.0. The van der Waals surface area contributed by atoms with Crippen molar-refractivity contribution in [3.63, 3.8) is 0 Å². The fraction of sp³-hybridized carbons (Fsp3) is 0.105. The number of carbonyl (C=O) groups excluding carboxylic acids is 2. The molecule has 3 rings (SSSR count). The summed E-state index contributed by atoms with van der Waals surface area (Å²) >= 11 is 5.42. The molecule has 2 aromatic rings. The zero-order valence-corrected chi connectivity index (χ0v) is 14.6. The SMILES string of the molecule is COC(=O)c1ccc(/C=C2/C(=O)N(c3ccccc3)C(=S)N2C)cc1. The molecule has 1 aliphatic rings. The number of nitrogens with zero attached hydrogens (tertiary/aromatic N) is 2. The molecule has 0 radical (unpaired) electrons.